The Kier molecular flexibility index (Phi) is 4.57. The molecule has 0 amide bonds. The molecule has 1 aliphatic heterocycles. The quantitative estimate of drug-likeness (QED) is 0.848. The summed E-state index contributed by atoms with van der Waals surface area (Å²) in [6.07, 6.45) is 6.10. The Morgan fingerprint density at radius 3 is 2.88 bits per heavy atom. The monoisotopic (exact) mass is 237 g/mol. The van der Waals surface area contributed by atoms with Crippen molar-refractivity contribution in [2.75, 3.05) is 26.2 Å². The Balaban J connectivity index is 1.87. The van der Waals surface area contributed by atoms with Crippen LogP contribution < -0.4 is 5.73 Å². The van der Waals surface area contributed by atoms with E-state index in [0.29, 0.717) is 12.5 Å². The third-order valence-electron chi connectivity index (χ3n) is 3.58. The van der Waals surface area contributed by atoms with Crippen LogP contribution in [0.2, 0.25) is 0 Å². The molecule has 1 aliphatic rings. The first kappa shape index (κ1) is 12.6. The van der Waals surface area contributed by atoms with Gasteiger partial charge >= 0.3 is 0 Å². The van der Waals surface area contributed by atoms with E-state index in [1.54, 1.807) is 0 Å². The molecule has 0 spiro atoms. The first-order valence-corrected chi connectivity index (χ1v) is 6.70. The fourth-order valence-electron chi connectivity index (χ4n) is 2.40. The average molecular weight is 237 g/mol. The minimum Gasteiger partial charge on any atom is -0.445 e. The highest BCUT2D eigenvalue weighted by Crippen LogP contribution is 2.27. The van der Waals surface area contributed by atoms with Crippen LogP contribution in [-0.4, -0.2) is 36.1 Å². The molecule has 1 fully saturated rings. The molecule has 0 aromatic carbocycles. The van der Waals surface area contributed by atoms with Crippen LogP contribution in [0.25, 0.3) is 0 Å². The molecule has 96 valence electrons. The zero-order valence-electron chi connectivity index (χ0n) is 10.7. The number of rotatable bonds is 5. The van der Waals surface area contributed by atoms with Crippen molar-refractivity contribution in [1.82, 2.24) is 9.88 Å². The Morgan fingerprint density at radius 2 is 2.24 bits per heavy atom. The summed E-state index contributed by atoms with van der Waals surface area (Å²) in [6.45, 7) is 6.42. The van der Waals surface area contributed by atoms with Crippen LogP contribution in [0.1, 0.15) is 43.8 Å². The minimum atomic E-state index is 0.518. The lowest BCUT2D eigenvalue weighted by atomic mass is 9.97. The van der Waals surface area contributed by atoms with Gasteiger partial charge in [0.1, 0.15) is 5.76 Å². The Hall–Kier alpha value is -0.870. The predicted octanol–water partition coefficient (Wildman–Crippen LogP) is 1.77. The average Bonchev–Trinajstić information content (AvgIpc) is 2.85. The predicted molar refractivity (Wildman–Crippen MR) is 68.0 cm³/mol. The van der Waals surface area contributed by atoms with E-state index < -0.39 is 0 Å². The van der Waals surface area contributed by atoms with Crippen molar-refractivity contribution in [2.45, 2.75) is 38.5 Å². The van der Waals surface area contributed by atoms with E-state index in [1.165, 1.54) is 25.9 Å². The highest BCUT2D eigenvalue weighted by molar-refractivity contribution is 5.00. The van der Waals surface area contributed by atoms with E-state index in [4.69, 9.17) is 10.2 Å². The van der Waals surface area contributed by atoms with Crippen molar-refractivity contribution in [2.24, 2.45) is 5.73 Å². The summed E-state index contributed by atoms with van der Waals surface area (Å²) in [5.41, 5.74) is 5.49. The lowest BCUT2D eigenvalue weighted by molar-refractivity contribution is 0.207. The molecule has 0 aliphatic carbocycles. The van der Waals surface area contributed by atoms with E-state index in [0.717, 1.165) is 31.0 Å². The molecule has 2 rings (SSSR count). The van der Waals surface area contributed by atoms with Gasteiger partial charge in [-0.15, -0.1) is 0 Å². The van der Waals surface area contributed by atoms with Crippen LogP contribution in [0, 0.1) is 0 Å². The third kappa shape index (κ3) is 3.30. The summed E-state index contributed by atoms with van der Waals surface area (Å²) in [5.74, 6) is 2.44. The van der Waals surface area contributed by atoms with E-state index in [9.17, 15) is 0 Å². The molecule has 1 aromatic heterocycles. The number of likely N-dealkylation sites (tertiary alicyclic amines) is 1. The van der Waals surface area contributed by atoms with Crippen molar-refractivity contribution in [3.05, 3.63) is 17.8 Å². The fraction of sp³-hybridized carbons (Fsp3) is 0.769. The molecule has 2 heterocycles. The normalized spacial score (nSPS) is 18.7. The van der Waals surface area contributed by atoms with Gasteiger partial charge in [-0.2, -0.15) is 0 Å². The molecule has 1 aromatic rings. The molecule has 0 bridgehead atoms. The second-order valence-electron chi connectivity index (χ2n) is 4.77. The number of nitrogens with two attached hydrogens (primary N) is 1. The molecule has 4 heteroatoms. The van der Waals surface area contributed by atoms with Crippen molar-refractivity contribution < 1.29 is 4.42 Å². The second-order valence-corrected chi connectivity index (χ2v) is 4.77. The molecule has 2 N–H and O–H groups in total. The zero-order valence-corrected chi connectivity index (χ0v) is 10.7. The number of aromatic nitrogens is 1. The summed E-state index contributed by atoms with van der Waals surface area (Å²) >= 11 is 0. The van der Waals surface area contributed by atoms with Crippen LogP contribution in [0.5, 0.6) is 0 Å². The van der Waals surface area contributed by atoms with Gasteiger partial charge in [-0.25, -0.2) is 4.98 Å². The summed E-state index contributed by atoms with van der Waals surface area (Å²) in [7, 11) is 0. The van der Waals surface area contributed by atoms with Gasteiger partial charge in [0.25, 0.3) is 0 Å². The number of hydrogen-bond acceptors (Lipinski definition) is 4. The van der Waals surface area contributed by atoms with Crippen molar-refractivity contribution in [3.63, 3.8) is 0 Å². The number of piperidine rings is 1. The number of aryl methyl sites for hydroxylation is 1. The van der Waals surface area contributed by atoms with Crippen molar-refractivity contribution in [3.8, 4) is 0 Å². The van der Waals surface area contributed by atoms with Crippen LogP contribution in [-0.2, 0) is 6.42 Å². The van der Waals surface area contributed by atoms with Gasteiger partial charge in [0.05, 0.1) is 6.20 Å². The first-order chi connectivity index (χ1) is 8.33. The molecular formula is C13H23N3O. The Bertz CT molecular complexity index is 329. The molecule has 0 unspecified atom stereocenters. The topological polar surface area (TPSA) is 55.3 Å². The van der Waals surface area contributed by atoms with E-state index >= 15 is 0 Å². The van der Waals surface area contributed by atoms with Gasteiger partial charge in [0, 0.05) is 12.3 Å². The maximum Gasteiger partial charge on any atom is 0.197 e. The smallest absolute Gasteiger partial charge is 0.197 e. The molecule has 0 atom stereocenters. The van der Waals surface area contributed by atoms with Gasteiger partial charge in [-0.05, 0) is 45.4 Å². The highest BCUT2D eigenvalue weighted by Gasteiger charge is 2.23. The highest BCUT2D eigenvalue weighted by atomic mass is 16.4. The summed E-state index contributed by atoms with van der Waals surface area (Å²) in [4.78, 5) is 6.90. The largest absolute Gasteiger partial charge is 0.445 e. The first-order valence-electron chi connectivity index (χ1n) is 6.70. The van der Waals surface area contributed by atoms with Crippen LogP contribution in [0.4, 0.5) is 0 Å². The molecule has 17 heavy (non-hydrogen) atoms. The molecule has 1 saturated heterocycles. The number of oxazole rings is 1. The van der Waals surface area contributed by atoms with Crippen LogP contribution in [0.15, 0.2) is 10.6 Å². The second kappa shape index (κ2) is 6.17. The third-order valence-corrected chi connectivity index (χ3v) is 3.58. The summed E-state index contributed by atoms with van der Waals surface area (Å²) in [6, 6.07) is 0. The van der Waals surface area contributed by atoms with Gasteiger partial charge in [0.2, 0.25) is 0 Å². The maximum absolute atomic E-state index is 5.81. The van der Waals surface area contributed by atoms with E-state index in [2.05, 4.69) is 16.8 Å². The summed E-state index contributed by atoms with van der Waals surface area (Å²) < 4.78 is 5.81. The lowest BCUT2D eigenvalue weighted by Gasteiger charge is -2.29. The summed E-state index contributed by atoms with van der Waals surface area (Å²) in [5, 5.41) is 0. The minimum absolute atomic E-state index is 0.518. The van der Waals surface area contributed by atoms with E-state index in [1.807, 2.05) is 6.20 Å². The van der Waals surface area contributed by atoms with Gasteiger partial charge < -0.3 is 15.1 Å². The zero-order chi connectivity index (χ0) is 12.1. The van der Waals surface area contributed by atoms with E-state index in [-0.39, 0.29) is 0 Å². The Morgan fingerprint density at radius 1 is 1.47 bits per heavy atom. The van der Waals surface area contributed by atoms with Gasteiger partial charge in [-0.1, -0.05) is 6.92 Å². The Labute approximate surface area is 103 Å². The van der Waals surface area contributed by atoms with Crippen molar-refractivity contribution in [1.29, 1.82) is 0 Å². The van der Waals surface area contributed by atoms with Crippen LogP contribution in [0.3, 0.4) is 0 Å². The van der Waals surface area contributed by atoms with Gasteiger partial charge in [0.15, 0.2) is 5.89 Å². The maximum atomic E-state index is 5.81. The standard InChI is InChI=1S/C13H23N3O/c1-2-16-8-5-11(6-9-16)13-15-10-12(17-13)4-3-7-14/h10-11H,2-9,14H2,1H3. The molecule has 0 saturated carbocycles. The SMILES string of the molecule is CCN1CCC(c2ncc(CCCN)o2)CC1. The molecule has 4 nitrogen and oxygen atoms in total. The lowest BCUT2D eigenvalue weighted by Crippen LogP contribution is -2.32. The fourth-order valence-corrected chi connectivity index (χ4v) is 2.40. The van der Waals surface area contributed by atoms with Crippen LogP contribution >= 0.6 is 0 Å². The molecule has 0 radical (unpaired) electrons. The number of hydrogen-bond donors (Lipinski definition) is 1. The number of nitrogens with zero attached hydrogens (tertiary/aromatic N) is 2. The van der Waals surface area contributed by atoms with Gasteiger partial charge in [-0.3, -0.25) is 0 Å². The molecular weight excluding hydrogens is 214 g/mol. The van der Waals surface area contributed by atoms with Crippen molar-refractivity contribution >= 4 is 0 Å².